The topological polar surface area (TPSA) is 83.6 Å². The number of nitrogens with two attached hydrogens (primary N) is 1. The second-order valence-corrected chi connectivity index (χ2v) is 3.82. The highest BCUT2D eigenvalue weighted by Gasteiger charge is 2.17. The maximum atomic E-state index is 12.3. The van der Waals surface area contributed by atoms with Gasteiger partial charge in [0.05, 0.1) is 16.1 Å². The maximum absolute atomic E-state index is 12.3. The summed E-state index contributed by atoms with van der Waals surface area (Å²) >= 11 is 2.97. The Morgan fingerprint density at radius 3 is 2.67 bits per heavy atom. The number of carboxylic acid groups (broad SMARTS) is 1. The summed E-state index contributed by atoms with van der Waals surface area (Å²) in [5.41, 5.74) is 5.40. The molecule has 0 spiro atoms. The van der Waals surface area contributed by atoms with Crippen molar-refractivity contribution in [1.82, 2.24) is 0 Å². The first-order valence-corrected chi connectivity index (χ1v) is 4.84. The van der Waals surface area contributed by atoms with E-state index in [-0.39, 0.29) is 21.3 Å². The molecule has 0 amide bonds. The summed E-state index contributed by atoms with van der Waals surface area (Å²) in [6, 6.07) is 1.36. The van der Waals surface area contributed by atoms with E-state index in [0.29, 0.717) is 0 Å². The fourth-order valence-corrected chi connectivity index (χ4v) is 1.59. The van der Waals surface area contributed by atoms with Gasteiger partial charge in [-0.2, -0.15) is 0 Å². The molecule has 0 unspecified atom stereocenters. The zero-order valence-corrected chi connectivity index (χ0v) is 9.16. The van der Waals surface area contributed by atoms with Crippen LogP contribution in [-0.4, -0.2) is 22.9 Å². The third kappa shape index (κ3) is 2.45. The number of carbonyl (C=O) groups is 1. The van der Waals surface area contributed by atoms with E-state index in [1.165, 1.54) is 6.07 Å². The predicted octanol–water partition coefficient (Wildman–Crippen LogP) is 1.82. The van der Waals surface area contributed by atoms with Crippen LogP contribution in [-0.2, 0) is 0 Å². The van der Waals surface area contributed by atoms with Crippen LogP contribution in [0.2, 0.25) is 0 Å². The van der Waals surface area contributed by atoms with E-state index in [1.807, 2.05) is 0 Å². The lowest BCUT2D eigenvalue weighted by Gasteiger charge is -2.12. The van der Waals surface area contributed by atoms with Gasteiger partial charge in [0.15, 0.2) is 0 Å². The second-order valence-electron chi connectivity index (χ2n) is 2.96. The first-order valence-electron chi connectivity index (χ1n) is 4.04. The van der Waals surface area contributed by atoms with Crippen LogP contribution in [0.25, 0.3) is 0 Å². The van der Waals surface area contributed by atoms with Gasteiger partial charge in [-0.1, -0.05) is 0 Å². The Balaban J connectivity index is 3.31. The van der Waals surface area contributed by atoms with Crippen LogP contribution >= 0.6 is 15.9 Å². The van der Waals surface area contributed by atoms with Crippen molar-refractivity contribution in [3.8, 4) is 5.75 Å². The molecule has 4 N–H and O–H groups in total. The van der Waals surface area contributed by atoms with Crippen molar-refractivity contribution in [3.05, 3.63) is 27.7 Å². The van der Waals surface area contributed by atoms with E-state index >= 15 is 0 Å². The van der Waals surface area contributed by atoms with Crippen LogP contribution in [0, 0.1) is 0 Å². The number of aromatic carboxylic acids is 1. The van der Waals surface area contributed by atoms with Gasteiger partial charge in [0.2, 0.25) is 0 Å². The Kier molecular flexibility index (Phi) is 3.65. The zero-order chi connectivity index (χ0) is 11.6. The number of rotatable bonds is 3. The molecule has 0 radical (unpaired) electrons. The molecule has 4 nitrogen and oxygen atoms in total. The van der Waals surface area contributed by atoms with Gasteiger partial charge in [-0.15, -0.1) is 0 Å². The summed E-state index contributed by atoms with van der Waals surface area (Å²) in [4.78, 5) is 10.7. The normalized spacial score (nSPS) is 12.5. The monoisotopic (exact) mass is 277 g/mol. The average molecular weight is 278 g/mol. The summed E-state index contributed by atoms with van der Waals surface area (Å²) in [7, 11) is 0. The molecule has 0 aliphatic carbocycles. The second kappa shape index (κ2) is 4.59. The van der Waals surface area contributed by atoms with Crippen LogP contribution < -0.4 is 5.73 Å². The number of alkyl halides is 1. The highest BCUT2D eigenvalue weighted by Crippen LogP contribution is 2.32. The summed E-state index contributed by atoms with van der Waals surface area (Å²) in [5.74, 6) is -1.40. The molecule has 1 aromatic rings. The molecular formula is C9H9BrFNO3. The highest BCUT2D eigenvalue weighted by molar-refractivity contribution is 9.10. The van der Waals surface area contributed by atoms with Crippen molar-refractivity contribution in [1.29, 1.82) is 0 Å². The lowest BCUT2D eigenvalue weighted by molar-refractivity contribution is 0.0696. The molecule has 15 heavy (non-hydrogen) atoms. The third-order valence-corrected chi connectivity index (χ3v) is 2.51. The number of carboxylic acids is 1. The Morgan fingerprint density at radius 2 is 2.20 bits per heavy atom. The standard InChI is InChI=1S/C9H9BrFNO3/c10-6-2-4(9(14)15)1-5(8(6)13)7(12)3-11/h1-2,7,13H,3,12H2,(H,14,15)/t7-/m1/s1. The molecule has 6 heteroatoms. The number of hydrogen-bond donors (Lipinski definition) is 3. The van der Waals surface area contributed by atoms with E-state index < -0.39 is 18.7 Å². The Labute approximate surface area is 93.6 Å². The minimum absolute atomic E-state index is 0.0569. The molecule has 0 saturated carbocycles. The van der Waals surface area contributed by atoms with Crippen molar-refractivity contribution in [3.63, 3.8) is 0 Å². The molecule has 0 heterocycles. The van der Waals surface area contributed by atoms with E-state index in [0.717, 1.165) is 6.07 Å². The molecule has 0 fully saturated rings. The van der Waals surface area contributed by atoms with Crippen LogP contribution in [0.3, 0.4) is 0 Å². The van der Waals surface area contributed by atoms with Crippen molar-refractivity contribution >= 4 is 21.9 Å². The number of phenolic OH excluding ortho intramolecular Hbond substituents is 1. The number of phenols is 1. The molecule has 0 saturated heterocycles. The van der Waals surface area contributed by atoms with Gasteiger partial charge in [0.1, 0.15) is 12.4 Å². The molecule has 0 aromatic heterocycles. The zero-order valence-electron chi connectivity index (χ0n) is 7.58. The fraction of sp³-hybridized carbons (Fsp3) is 0.222. The van der Waals surface area contributed by atoms with E-state index in [4.69, 9.17) is 10.8 Å². The van der Waals surface area contributed by atoms with Crippen LogP contribution in [0.4, 0.5) is 4.39 Å². The Hall–Kier alpha value is -1.14. The molecular weight excluding hydrogens is 269 g/mol. The molecule has 1 aromatic carbocycles. The molecule has 82 valence electrons. The summed E-state index contributed by atoms with van der Waals surface area (Å²) in [5, 5.41) is 18.3. The number of halogens is 2. The largest absolute Gasteiger partial charge is 0.506 e. The Bertz CT molecular complexity index is 397. The number of aromatic hydroxyl groups is 1. The number of benzene rings is 1. The molecule has 1 rings (SSSR count). The highest BCUT2D eigenvalue weighted by atomic mass is 79.9. The number of hydrogen-bond acceptors (Lipinski definition) is 3. The smallest absolute Gasteiger partial charge is 0.335 e. The van der Waals surface area contributed by atoms with Crippen molar-refractivity contribution < 1.29 is 19.4 Å². The summed E-state index contributed by atoms with van der Waals surface area (Å²) in [6.07, 6.45) is 0. The van der Waals surface area contributed by atoms with Crippen molar-refractivity contribution in [2.45, 2.75) is 6.04 Å². The van der Waals surface area contributed by atoms with Gasteiger partial charge < -0.3 is 15.9 Å². The minimum atomic E-state index is -1.16. The SMILES string of the molecule is N[C@H](CF)c1cc(C(=O)O)cc(Br)c1O. The van der Waals surface area contributed by atoms with Crippen molar-refractivity contribution in [2.24, 2.45) is 5.73 Å². The van der Waals surface area contributed by atoms with E-state index in [9.17, 15) is 14.3 Å². The lowest BCUT2D eigenvalue weighted by atomic mass is 10.0. The lowest BCUT2D eigenvalue weighted by Crippen LogP contribution is -2.13. The van der Waals surface area contributed by atoms with Gasteiger partial charge >= 0.3 is 5.97 Å². The van der Waals surface area contributed by atoms with Gasteiger partial charge in [0.25, 0.3) is 0 Å². The summed E-state index contributed by atoms with van der Waals surface area (Å²) < 4.78 is 12.5. The van der Waals surface area contributed by atoms with Gasteiger partial charge in [-0.05, 0) is 28.1 Å². The van der Waals surface area contributed by atoms with Gasteiger partial charge in [-0.25, -0.2) is 9.18 Å². The van der Waals surface area contributed by atoms with Crippen LogP contribution in [0.5, 0.6) is 5.75 Å². The average Bonchev–Trinajstić information content (AvgIpc) is 2.20. The van der Waals surface area contributed by atoms with Gasteiger partial charge in [-0.3, -0.25) is 0 Å². The Morgan fingerprint density at radius 1 is 1.60 bits per heavy atom. The maximum Gasteiger partial charge on any atom is 0.335 e. The van der Waals surface area contributed by atoms with Crippen molar-refractivity contribution in [2.75, 3.05) is 6.67 Å². The van der Waals surface area contributed by atoms with Gasteiger partial charge in [0, 0.05) is 5.56 Å². The molecule has 1 atom stereocenters. The van der Waals surface area contributed by atoms with E-state index in [1.54, 1.807) is 0 Å². The molecule has 0 aliphatic heterocycles. The van der Waals surface area contributed by atoms with E-state index in [2.05, 4.69) is 15.9 Å². The predicted molar refractivity (Wildman–Crippen MR) is 55.7 cm³/mol. The fourth-order valence-electron chi connectivity index (χ4n) is 1.11. The quantitative estimate of drug-likeness (QED) is 0.787. The van der Waals surface area contributed by atoms with Crippen LogP contribution in [0.15, 0.2) is 16.6 Å². The molecule has 0 aliphatic rings. The molecule has 0 bridgehead atoms. The first kappa shape index (κ1) is 11.9. The minimum Gasteiger partial charge on any atom is -0.506 e. The first-order chi connectivity index (χ1) is 6.97. The summed E-state index contributed by atoms with van der Waals surface area (Å²) in [6.45, 7) is -0.872. The van der Waals surface area contributed by atoms with Crippen LogP contribution in [0.1, 0.15) is 22.0 Å². The third-order valence-electron chi connectivity index (χ3n) is 1.91.